The van der Waals surface area contributed by atoms with Crippen LogP contribution in [0, 0.1) is 29.1 Å². The molecule has 5 unspecified atom stereocenters. The molecule has 5 atom stereocenters. The fourth-order valence-corrected chi connectivity index (χ4v) is 4.60. The Kier molecular flexibility index (Phi) is 5.50. The number of aliphatic hydroxyl groups is 1. The van der Waals surface area contributed by atoms with Gasteiger partial charge in [-0.15, -0.1) is 0 Å². The first-order valence-electron chi connectivity index (χ1n) is 7.70. The highest BCUT2D eigenvalue weighted by molar-refractivity contribution is 4.98. The molecule has 102 valence electrons. The van der Waals surface area contributed by atoms with Crippen molar-refractivity contribution in [2.75, 3.05) is 6.61 Å². The number of hydrogen-bond acceptors (Lipinski definition) is 1. The Morgan fingerprint density at radius 1 is 1.06 bits per heavy atom. The molecule has 1 nitrogen and oxygen atoms in total. The first-order valence-corrected chi connectivity index (χ1v) is 7.70. The van der Waals surface area contributed by atoms with Gasteiger partial charge < -0.3 is 5.11 Å². The summed E-state index contributed by atoms with van der Waals surface area (Å²) in [7, 11) is 0. The van der Waals surface area contributed by atoms with E-state index in [9.17, 15) is 5.11 Å². The summed E-state index contributed by atoms with van der Waals surface area (Å²) < 4.78 is 0. The van der Waals surface area contributed by atoms with Crippen molar-refractivity contribution in [1.82, 2.24) is 0 Å². The number of rotatable bonds is 1. The molecule has 0 heterocycles. The molecule has 2 saturated carbocycles. The van der Waals surface area contributed by atoms with Gasteiger partial charge in [0.05, 0.1) is 0 Å². The van der Waals surface area contributed by atoms with Gasteiger partial charge in [-0.1, -0.05) is 53.9 Å². The van der Waals surface area contributed by atoms with E-state index < -0.39 is 0 Å². The van der Waals surface area contributed by atoms with E-state index in [0.717, 1.165) is 17.8 Å². The SMILES string of the molecule is CC.CC1CCC2C(C)CCCC2(C)C1CO. The average Bonchev–Trinajstić information content (AvgIpc) is 2.31. The third kappa shape index (κ3) is 2.70. The second-order valence-electron chi connectivity index (χ2n) is 6.33. The molecule has 2 rings (SSSR count). The van der Waals surface area contributed by atoms with Crippen LogP contribution in [0.15, 0.2) is 0 Å². The van der Waals surface area contributed by atoms with E-state index in [-0.39, 0.29) is 0 Å². The van der Waals surface area contributed by atoms with Gasteiger partial charge in [-0.3, -0.25) is 0 Å². The lowest BCUT2D eigenvalue weighted by atomic mass is 9.50. The lowest BCUT2D eigenvalue weighted by Gasteiger charge is -2.55. The molecular weight excluding hydrogens is 208 g/mol. The summed E-state index contributed by atoms with van der Waals surface area (Å²) in [6, 6.07) is 0. The topological polar surface area (TPSA) is 20.2 Å². The van der Waals surface area contributed by atoms with Gasteiger partial charge in [0.1, 0.15) is 0 Å². The maximum Gasteiger partial charge on any atom is 0.0467 e. The highest BCUT2D eigenvalue weighted by Crippen LogP contribution is 2.56. The van der Waals surface area contributed by atoms with Gasteiger partial charge in [-0.05, 0) is 41.9 Å². The Hall–Kier alpha value is -0.0400. The summed E-state index contributed by atoms with van der Waals surface area (Å²) >= 11 is 0. The van der Waals surface area contributed by atoms with Gasteiger partial charge in [-0.25, -0.2) is 0 Å². The minimum atomic E-state index is 0.404. The number of fused-ring (bicyclic) bond motifs is 1. The van der Waals surface area contributed by atoms with Crippen LogP contribution >= 0.6 is 0 Å². The van der Waals surface area contributed by atoms with Gasteiger partial charge in [0.2, 0.25) is 0 Å². The standard InChI is InChI=1S/C14H26O.C2H6/c1-10-5-4-8-14(3)12(10)7-6-11(2)13(14)9-15;1-2/h10-13,15H,4-9H2,1-3H3;1-2H3. The fourth-order valence-electron chi connectivity index (χ4n) is 4.60. The van der Waals surface area contributed by atoms with Gasteiger partial charge in [0.15, 0.2) is 0 Å². The summed E-state index contributed by atoms with van der Waals surface area (Å²) in [5.41, 5.74) is 0.435. The molecule has 2 aliphatic carbocycles. The van der Waals surface area contributed by atoms with E-state index in [2.05, 4.69) is 20.8 Å². The first-order chi connectivity index (χ1) is 8.09. The third-order valence-electron chi connectivity index (χ3n) is 5.57. The quantitative estimate of drug-likeness (QED) is 0.716. The largest absolute Gasteiger partial charge is 0.396 e. The van der Waals surface area contributed by atoms with Crippen molar-refractivity contribution in [3.8, 4) is 0 Å². The molecule has 0 aromatic heterocycles. The van der Waals surface area contributed by atoms with Crippen LogP contribution in [0.2, 0.25) is 0 Å². The molecule has 0 amide bonds. The van der Waals surface area contributed by atoms with E-state index in [1.165, 1.54) is 32.1 Å². The van der Waals surface area contributed by atoms with Gasteiger partial charge in [-0.2, -0.15) is 0 Å². The third-order valence-corrected chi connectivity index (χ3v) is 5.57. The lowest BCUT2D eigenvalue weighted by molar-refractivity contribution is -0.0764. The van der Waals surface area contributed by atoms with Gasteiger partial charge in [0.25, 0.3) is 0 Å². The van der Waals surface area contributed by atoms with Crippen molar-refractivity contribution in [3.05, 3.63) is 0 Å². The zero-order chi connectivity index (χ0) is 13.1. The van der Waals surface area contributed by atoms with Gasteiger partial charge in [0, 0.05) is 6.61 Å². The van der Waals surface area contributed by atoms with E-state index in [1.807, 2.05) is 13.8 Å². The highest BCUT2D eigenvalue weighted by Gasteiger charge is 2.49. The minimum absolute atomic E-state index is 0.404. The number of hydrogen-bond donors (Lipinski definition) is 1. The van der Waals surface area contributed by atoms with Gasteiger partial charge >= 0.3 is 0 Å². The first kappa shape index (κ1) is 15.0. The predicted molar refractivity (Wildman–Crippen MR) is 74.9 cm³/mol. The summed E-state index contributed by atoms with van der Waals surface area (Å²) in [6.45, 7) is 11.6. The van der Waals surface area contributed by atoms with Crippen molar-refractivity contribution in [2.45, 2.75) is 66.7 Å². The minimum Gasteiger partial charge on any atom is -0.396 e. The van der Waals surface area contributed by atoms with E-state index >= 15 is 0 Å². The average molecular weight is 240 g/mol. The van der Waals surface area contributed by atoms with Crippen molar-refractivity contribution in [1.29, 1.82) is 0 Å². The zero-order valence-electron chi connectivity index (χ0n) is 12.5. The Labute approximate surface area is 108 Å². The fraction of sp³-hybridized carbons (Fsp3) is 1.00. The van der Waals surface area contributed by atoms with Crippen LogP contribution in [0.1, 0.15) is 66.7 Å². The van der Waals surface area contributed by atoms with E-state index in [0.29, 0.717) is 17.9 Å². The predicted octanol–water partition coefficient (Wildman–Crippen LogP) is 4.49. The molecule has 17 heavy (non-hydrogen) atoms. The van der Waals surface area contributed by atoms with Crippen LogP contribution in [0.5, 0.6) is 0 Å². The summed E-state index contributed by atoms with van der Waals surface area (Å²) in [5, 5.41) is 9.65. The van der Waals surface area contributed by atoms with Crippen molar-refractivity contribution in [2.24, 2.45) is 29.1 Å². The summed E-state index contributed by atoms with van der Waals surface area (Å²) in [5.74, 6) is 3.03. The highest BCUT2D eigenvalue weighted by atomic mass is 16.3. The normalized spacial score (nSPS) is 45.5. The molecule has 2 fully saturated rings. The van der Waals surface area contributed by atoms with Crippen LogP contribution in [-0.2, 0) is 0 Å². The maximum absolute atomic E-state index is 9.65. The number of aliphatic hydroxyl groups excluding tert-OH is 1. The van der Waals surface area contributed by atoms with Crippen molar-refractivity contribution < 1.29 is 5.11 Å². The smallest absolute Gasteiger partial charge is 0.0467 e. The molecule has 2 aliphatic rings. The second kappa shape index (κ2) is 6.22. The van der Waals surface area contributed by atoms with Crippen molar-refractivity contribution in [3.63, 3.8) is 0 Å². The lowest BCUT2D eigenvalue weighted by Crippen LogP contribution is -2.48. The van der Waals surface area contributed by atoms with E-state index in [4.69, 9.17) is 0 Å². The summed E-state index contributed by atoms with van der Waals surface area (Å²) in [4.78, 5) is 0. The van der Waals surface area contributed by atoms with Crippen LogP contribution in [-0.4, -0.2) is 11.7 Å². The molecule has 0 bridgehead atoms. The molecule has 0 saturated heterocycles. The molecule has 0 spiro atoms. The van der Waals surface area contributed by atoms with Crippen LogP contribution in [0.4, 0.5) is 0 Å². The molecule has 1 heteroatoms. The Balaban J connectivity index is 0.000000686. The monoisotopic (exact) mass is 240 g/mol. The second-order valence-corrected chi connectivity index (χ2v) is 6.33. The molecule has 0 aromatic rings. The molecule has 0 radical (unpaired) electrons. The molecule has 0 aliphatic heterocycles. The van der Waals surface area contributed by atoms with Crippen LogP contribution in [0.25, 0.3) is 0 Å². The summed E-state index contributed by atoms with van der Waals surface area (Å²) in [6.07, 6.45) is 6.85. The van der Waals surface area contributed by atoms with Crippen LogP contribution < -0.4 is 0 Å². The Morgan fingerprint density at radius 3 is 2.29 bits per heavy atom. The van der Waals surface area contributed by atoms with Crippen molar-refractivity contribution >= 4 is 0 Å². The molecular formula is C16H32O. The molecule has 0 aromatic carbocycles. The van der Waals surface area contributed by atoms with Crippen LogP contribution in [0.3, 0.4) is 0 Å². The molecule has 1 N–H and O–H groups in total. The zero-order valence-corrected chi connectivity index (χ0v) is 12.5. The van der Waals surface area contributed by atoms with E-state index in [1.54, 1.807) is 0 Å². The maximum atomic E-state index is 9.65. The Morgan fingerprint density at radius 2 is 1.71 bits per heavy atom. The Bertz CT molecular complexity index is 218.